The molecule has 29 N–H and O–H groups in total. The average molecular weight is 1810 g/mol. The molecule has 0 unspecified atom stereocenters. The van der Waals surface area contributed by atoms with Crippen LogP contribution in [0.1, 0.15) is 189 Å². The van der Waals surface area contributed by atoms with E-state index in [0.29, 0.717) is 56.2 Å². The van der Waals surface area contributed by atoms with Gasteiger partial charge in [-0.05, 0) is 184 Å². The van der Waals surface area contributed by atoms with E-state index in [0.717, 1.165) is 0 Å². The minimum Gasteiger partial charge on any atom is -0.508 e. The van der Waals surface area contributed by atoms with Crippen LogP contribution < -0.4 is 104 Å². The number of nitrogens with zero attached hydrogens (tertiary/aromatic N) is 4. The molecule has 127 heavy (non-hydrogen) atoms. The number of likely N-dealkylation sites (tertiary alicyclic amines) is 2. The molecule has 0 aliphatic carbocycles. The van der Waals surface area contributed by atoms with Gasteiger partial charge in [0.2, 0.25) is 82.7 Å². The van der Waals surface area contributed by atoms with Crippen LogP contribution >= 0.6 is 12.6 Å². The molecule has 2 saturated heterocycles. The number of thiol groups is 1. The van der Waals surface area contributed by atoms with Crippen LogP contribution in [-0.4, -0.2) is 267 Å². The summed E-state index contributed by atoms with van der Waals surface area (Å²) < 4.78 is 0. The SMILES string of the molecule is CC(C)C[C@H](NC(=O)[C@H](CCCN=C(N)N)NC(=O)[C@H](CCCN=C(N)N)NC(=O)[C@@H](N)CC(C)C)C(=O)N[C@@H](CCC(=O)O)C(=O)N[C@@H](Cc1ccccc1)C(=O)N[C@@H](Cc1ccc(O)cc1)C(=O)N[C@@H](CS)C(=O)N[C@@H](C)C(=O)N1CCC[C@H]1C(=O)N[C@@H](CC(C)C)C(=O)N[C@@H](CCCCN)C(=O)N1CCC[C@H]1C(=O)N[C@@H](C)C(=O)N[C@@H](CCCCN)C(=O)O. The van der Waals surface area contributed by atoms with Crippen molar-refractivity contribution >= 4 is 119 Å². The number of nitrogens with one attached hydrogen (secondary N) is 12. The maximum absolute atomic E-state index is 15.1. The number of carboxylic acid groups (broad SMARTS) is 2. The lowest BCUT2D eigenvalue weighted by atomic mass is 10.00. The molecular formula is C84H137N23O19S. The van der Waals surface area contributed by atoms with Crippen LogP contribution in [0.5, 0.6) is 5.75 Å². The number of amides is 14. The second-order valence-electron chi connectivity index (χ2n) is 33.4. The third-order valence-corrected chi connectivity index (χ3v) is 21.6. The molecule has 0 bridgehead atoms. The summed E-state index contributed by atoms with van der Waals surface area (Å²) in [5.74, 6) is -15.8. The number of aliphatic imine (C=N–C) groups is 2. The number of carbonyl (C=O) groups is 16. The number of aliphatic carboxylic acids is 2. The number of carboxylic acids is 2. The number of benzene rings is 2. The summed E-state index contributed by atoms with van der Waals surface area (Å²) in [6.45, 7) is 14.3. The monoisotopic (exact) mass is 1800 g/mol. The van der Waals surface area contributed by atoms with Gasteiger partial charge in [0.15, 0.2) is 11.9 Å². The fourth-order valence-corrected chi connectivity index (χ4v) is 14.7. The molecule has 0 aromatic heterocycles. The predicted molar refractivity (Wildman–Crippen MR) is 476 cm³/mol. The zero-order valence-corrected chi connectivity index (χ0v) is 74.9. The summed E-state index contributed by atoms with van der Waals surface area (Å²) in [7, 11) is 0. The molecule has 2 heterocycles. The van der Waals surface area contributed by atoms with E-state index in [1.165, 1.54) is 47.9 Å². The number of rotatable bonds is 57. The average Bonchev–Trinajstić information content (AvgIpc) is 1.72. The number of aromatic hydroxyl groups is 1. The lowest BCUT2D eigenvalue weighted by Crippen LogP contribution is -2.61. The van der Waals surface area contributed by atoms with Crippen LogP contribution in [0.15, 0.2) is 64.6 Å². The van der Waals surface area contributed by atoms with E-state index >= 15 is 4.79 Å². The molecule has 2 aliphatic rings. The fourth-order valence-electron chi connectivity index (χ4n) is 14.5. The van der Waals surface area contributed by atoms with Gasteiger partial charge < -0.3 is 129 Å². The number of phenolic OH excluding ortho intramolecular Hbond substituents is 1. The normalized spacial score (nSPS) is 16.7. The van der Waals surface area contributed by atoms with Crippen molar-refractivity contribution in [2.24, 2.45) is 67.9 Å². The van der Waals surface area contributed by atoms with E-state index in [-0.39, 0.29) is 152 Å². The molecule has 0 saturated carbocycles. The quantitative estimate of drug-likeness (QED) is 0.0134. The molecular weight excluding hydrogens is 1670 g/mol. The molecule has 42 nitrogen and oxygen atoms in total. The van der Waals surface area contributed by atoms with Gasteiger partial charge in [-0.25, -0.2) is 4.79 Å². The van der Waals surface area contributed by atoms with Gasteiger partial charge in [0.05, 0.1) is 6.04 Å². The smallest absolute Gasteiger partial charge is 0.326 e. The first kappa shape index (κ1) is 108. The number of hydrogen-bond acceptors (Lipinski definition) is 23. The van der Waals surface area contributed by atoms with E-state index in [4.69, 9.17) is 40.1 Å². The number of carbonyl (C=O) groups excluding carboxylic acids is 14. The second kappa shape index (κ2) is 55.9. The van der Waals surface area contributed by atoms with Crippen LogP contribution in [0.3, 0.4) is 0 Å². The van der Waals surface area contributed by atoms with E-state index in [1.54, 1.807) is 58.0 Å². The van der Waals surface area contributed by atoms with Crippen molar-refractivity contribution in [3.05, 3.63) is 65.7 Å². The molecule has 2 fully saturated rings. The number of unbranched alkanes of at least 4 members (excludes halogenated alkanes) is 2. The molecule has 2 aromatic carbocycles. The van der Waals surface area contributed by atoms with Crippen molar-refractivity contribution in [2.75, 3.05) is 45.0 Å². The maximum atomic E-state index is 15.1. The van der Waals surface area contributed by atoms with E-state index < -0.39 is 204 Å². The summed E-state index contributed by atoms with van der Waals surface area (Å²) >= 11 is 4.38. The van der Waals surface area contributed by atoms with Gasteiger partial charge >= 0.3 is 11.9 Å². The van der Waals surface area contributed by atoms with Crippen molar-refractivity contribution in [3.63, 3.8) is 0 Å². The summed E-state index contributed by atoms with van der Waals surface area (Å²) in [5, 5.41) is 61.7. The highest BCUT2D eigenvalue weighted by Gasteiger charge is 2.43. The Bertz CT molecular complexity index is 4040. The summed E-state index contributed by atoms with van der Waals surface area (Å²) in [6, 6.07) is -6.42. The molecule has 4 rings (SSSR count). The summed E-state index contributed by atoms with van der Waals surface area (Å²) in [5.41, 5.74) is 40.6. The summed E-state index contributed by atoms with van der Waals surface area (Å²) in [6.07, 6.45) is 1.58. The third-order valence-electron chi connectivity index (χ3n) is 21.2. The number of guanidine groups is 2. The molecule has 2 aliphatic heterocycles. The minimum absolute atomic E-state index is 0.00481. The van der Waals surface area contributed by atoms with Crippen molar-refractivity contribution in [1.82, 2.24) is 73.6 Å². The predicted octanol–water partition coefficient (Wildman–Crippen LogP) is -3.27. The van der Waals surface area contributed by atoms with Gasteiger partial charge in [0, 0.05) is 51.2 Å². The number of hydrogen-bond donors (Lipinski definition) is 23. The Morgan fingerprint density at radius 3 is 1.24 bits per heavy atom. The molecule has 43 heteroatoms. The van der Waals surface area contributed by atoms with Crippen LogP contribution in [0.4, 0.5) is 0 Å². The largest absolute Gasteiger partial charge is 0.508 e. The van der Waals surface area contributed by atoms with Crippen molar-refractivity contribution in [3.8, 4) is 5.75 Å². The highest BCUT2D eigenvalue weighted by atomic mass is 32.1. The Kier molecular flexibility index (Phi) is 47.5. The van der Waals surface area contributed by atoms with Gasteiger partial charge in [0.25, 0.3) is 0 Å². The number of nitrogens with two attached hydrogens (primary N) is 7. The highest BCUT2D eigenvalue weighted by Crippen LogP contribution is 2.24. The zero-order chi connectivity index (χ0) is 94.7. The third kappa shape index (κ3) is 38.7. The molecule has 0 spiro atoms. The topological polar surface area (TPSA) is 692 Å². The number of phenols is 1. The lowest BCUT2D eigenvalue weighted by Gasteiger charge is -2.31. The molecule has 2 aromatic rings. The zero-order valence-electron chi connectivity index (χ0n) is 74.0. The Hall–Kier alpha value is -11.5. The van der Waals surface area contributed by atoms with Gasteiger partial charge in [-0.15, -0.1) is 0 Å². The molecule has 14 amide bonds. The Morgan fingerprint density at radius 1 is 0.409 bits per heavy atom. The van der Waals surface area contributed by atoms with Crippen molar-refractivity contribution in [2.45, 2.75) is 281 Å². The standard InChI is InChI=1S/C84H137N23O19S/c1-46(2)40-54(87)69(112)96-55(24-16-36-92-83(88)89)70(113)97-56(25-17-37-93-84(90)91)71(114)101-60(41-47(3)4)73(116)98-57(32-33-67(109)110)72(115)102-62(43-51-20-10-9-11-21-51)75(118)103-63(44-52-28-30-53(108)31-29-52)76(119)105-64(45-127)77(120)95-50(8)80(123)106-38-18-27-66(106)79(122)104-61(42-48(5)6)74(117)99-58(22-12-14-34-85)81(124)107-39-19-26-65(107)78(121)94-49(7)68(111)100-59(82(125)126)23-13-15-35-86/h9-11,20-21,28-31,46-50,54-66,108,127H,12-19,22-27,32-45,85-87H2,1-8H3,(H,94,121)(H,95,120)(H,96,112)(H,97,113)(H,98,116)(H,99,117)(H,100,111)(H,101,114)(H,102,115)(H,103,118)(H,104,122)(H,105,119)(H,109,110)(H,125,126)(H4,88,89,92)(H4,90,91,93)/t49-,50-,54-,55-,56-,57-,58-,59-,60-,61-,62-,63-,64-,65-,66-/m0/s1. The molecule has 708 valence electrons. The van der Waals surface area contributed by atoms with Crippen LogP contribution in [-0.2, 0) is 89.6 Å². The summed E-state index contributed by atoms with van der Waals surface area (Å²) in [4.78, 5) is 236. The van der Waals surface area contributed by atoms with Gasteiger partial charge in [-0.2, -0.15) is 12.6 Å². The highest BCUT2D eigenvalue weighted by molar-refractivity contribution is 7.80. The second-order valence-corrected chi connectivity index (χ2v) is 33.8. The van der Waals surface area contributed by atoms with Gasteiger partial charge in [0.1, 0.15) is 90.3 Å². The van der Waals surface area contributed by atoms with E-state index in [1.807, 2.05) is 13.8 Å². The lowest BCUT2D eigenvalue weighted by molar-refractivity contribution is -0.144. The Morgan fingerprint density at radius 2 is 0.787 bits per heavy atom. The van der Waals surface area contributed by atoms with Gasteiger partial charge in [-0.3, -0.25) is 81.9 Å². The van der Waals surface area contributed by atoms with Crippen molar-refractivity contribution in [1.29, 1.82) is 0 Å². The Balaban J connectivity index is 1.58. The van der Waals surface area contributed by atoms with Crippen LogP contribution in [0.25, 0.3) is 0 Å². The fraction of sp³-hybridized carbons (Fsp3) is 0.643. The van der Waals surface area contributed by atoms with Gasteiger partial charge in [-0.1, -0.05) is 84.0 Å². The van der Waals surface area contributed by atoms with E-state index in [2.05, 4.69) is 86.4 Å². The van der Waals surface area contributed by atoms with Crippen molar-refractivity contribution < 1.29 is 92.0 Å². The maximum Gasteiger partial charge on any atom is 0.326 e. The van der Waals surface area contributed by atoms with E-state index in [9.17, 15) is 87.2 Å². The minimum atomic E-state index is -1.74. The molecule has 15 atom stereocenters. The first-order valence-electron chi connectivity index (χ1n) is 43.5. The van der Waals surface area contributed by atoms with Crippen LogP contribution in [0, 0.1) is 17.8 Å². The van der Waals surface area contributed by atoms with Crippen LogP contribution in [0.2, 0.25) is 0 Å². The first-order chi connectivity index (χ1) is 60.1. The molecule has 0 radical (unpaired) electrons. The first-order valence-corrected chi connectivity index (χ1v) is 44.1. The Labute approximate surface area is 746 Å².